The summed E-state index contributed by atoms with van der Waals surface area (Å²) in [6.45, 7) is 1.52. The Balaban J connectivity index is 1.62. The third kappa shape index (κ3) is 3.45. The van der Waals surface area contributed by atoms with E-state index in [4.69, 9.17) is 9.47 Å². The quantitative estimate of drug-likeness (QED) is 0.606. The van der Waals surface area contributed by atoms with Crippen LogP contribution in [0, 0.1) is 0 Å². The topological polar surface area (TPSA) is 18.5 Å². The molecule has 0 atom stereocenters. The van der Waals surface area contributed by atoms with Gasteiger partial charge in [0.25, 0.3) is 0 Å². The molecule has 1 aliphatic rings. The van der Waals surface area contributed by atoms with Crippen molar-refractivity contribution in [3.8, 4) is 0 Å². The molecule has 1 fully saturated rings. The molecular weight excluding hydrogens is 328 g/mol. The molecule has 0 spiro atoms. The van der Waals surface area contributed by atoms with Gasteiger partial charge in [-0.05, 0) is 40.6 Å². The number of fused-ring (bicyclic) bond motifs is 1. The van der Waals surface area contributed by atoms with Crippen LogP contribution >= 0.6 is 11.8 Å². The second kappa shape index (κ2) is 7.20. The maximum absolute atomic E-state index is 5.94. The third-order valence-electron chi connectivity index (χ3n) is 5.01. The van der Waals surface area contributed by atoms with Gasteiger partial charge in [0, 0.05) is 43.0 Å². The van der Waals surface area contributed by atoms with Crippen LogP contribution < -0.4 is 0 Å². The summed E-state index contributed by atoms with van der Waals surface area (Å²) in [6.07, 6.45) is 1.82. The van der Waals surface area contributed by atoms with Gasteiger partial charge in [0.2, 0.25) is 0 Å². The van der Waals surface area contributed by atoms with Crippen molar-refractivity contribution in [1.29, 1.82) is 0 Å². The smallest absolute Gasteiger partial charge is 0.0971 e. The Morgan fingerprint density at radius 1 is 0.840 bits per heavy atom. The molecule has 3 aromatic rings. The molecule has 1 heterocycles. The van der Waals surface area contributed by atoms with E-state index in [-0.39, 0.29) is 5.60 Å². The van der Waals surface area contributed by atoms with Crippen LogP contribution in [0.3, 0.4) is 0 Å². The molecule has 0 saturated carbocycles. The van der Waals surface area contributed by atoms with Gasteiger partial charge >= 0.3 is 0 Å². The highest BCUT2D eigenvalue weighted by atomic mass is 32.2. The fourth-order valence-electron chi connectivity index (χ4n) is 3.52. The molecule has 1 aliphatic heterocycles. The maximum Gasteiger partial charge on any atom is 0.0971 e. The van der Waals surface area contributed by atoms with Gasteiger partial charge in [-0.2, -0.15) is 0 Å². The summed E-state index contributed by atoms with van der Waals surface area (Å²) >= 11 is 1.80. The molecule has 0 bridgehead atoms. The average Bonchev–Trinajstić information content (AvgIpc) is 2.69. The molecule has 0 radical (unpaired) electrons. The van der Waals surface area contributed by atoms with Crippen molar-refractivity contribution in [2.24, 2.45) is 0 Å². The van der Waals surface area contributed by atoms with E-state index < -0.39 is 0 Å². The molecule has 128 valence electrons. The molecule has 25 heavy (non-hydrogen) atoms. The number of hydrogen-bond acceptors (Lipinski definition) is 3. The summed E-state index contributed by atoms with van der Waals surface area (Å²) in [7, 11) is 1.81. The summed E-state index contributed by atoms with van der Waals surface area (Å²) in [5.41, 5.74) is 1.04. The standard InChI is InChI=1S/C22H22O2S/c1-23-22(11-13-24-14-12-22)19-7-4-8-20(16-19)25-21-10-9-17-5-2-3-6-18(17)15-21/h2-10,15-16H,11-14H2,1H3. The molecule has 1 saturated heterocycles. The molecule has 3 heteroatoms. The fourth-order valence-corrected chi connectivity index (χ4v) is 4.45. The summed E-state index contributed by atoms with van der Waals surface area (Å²) < 4.78 is 11.5. The summed E-state index contributed by atoms with van der Waals surface area (Å²) in [6, 6.07) is 23.9. The number of ether oxygens (including phenoxy) is 2. The lowest BCUT2D eigenvalue weighted by molar-refractivity contribution is -0.0948. The van der Waals surface area contributed by atoms with Gasteiger partial charge in [0.05, 0.1) is 5.60 Å². The minimum absolute atomic E-state index is 0.210. The fraction of sp³-hybridized carbons (Fsp3) is 0.273. The second-order valence-corrected chi connectivity index (χ2v) is 7.60. The third-order valence-corrected chi connectivity index (χ3v) is 5.99. The Bertz CT molecular complexity index is 869. The first kappa shape index (κ1) is 16.6. The lowest BCUT2D eigenvalue weighted by Gasteiger charge is -2.36. The Morgan fingerprint density at radius 2 is 1.60 bits per heavy atom. The van der Waals surface area contributed by atoms with E-state index in [0.717, 1.165) is 26.1 Å². The summed E-state index contributed by atoms with van der Waals surface area (Å²) in [5, 5.41) is 2.56. The highest BCUT2D eigenvalue weighted by Crippen LogP contribution is 2.38. The predicted molar refractivity (Wildman–Crippen MR) is 103 cm³/mol. The Kier molecular flexibility index (Phi) is 4.80. The number of hydrogen-bond donors (Lipinski definition) is 0. The van der Waals surface area contributed by atoms with Gasteiger partial charge in [-0.3, -0.25) is 0 Å². The van der Waals surface area contributed by atoms with Crippen LogP contribution in [-0.2, 0) is 15.1 Å². The molecule has 0 aliphatic carbocycles. The zero-order valence-electron chi connectivity index (χ0n) is 14.4. The van der Waals surface area contributed by atoms with E-state index in [0.29, 0.717) is 0 Å². The van der Waals surface area contributed by atoms with Gasteiger partial charge in [0.15, 0.2) is 0 Å². The van der Waals surface area contributed by atoms with Crippen LogP contribution in [0.2, 0.25) is 0 Å². The molecule has 4 rings (SSSR count). The molecule has 3 aromatic carbocycles. The normalized spacial score (nSPS) is 16.8. The molecule has 0 unspecified atom stereocenters. The number of rotatable bonds is 4. The second-order valence-electron chi connectivity index (χ2n) is 6.45. The van der Waals surface area contributed by atoms with Gasteiger partial charge in [-0.25, -0.2) is 0 Å². The Labute approximate surface area is 153 Å². The van der Waals surface area contributed by atoms with E-state index in [1.54, 1.807) is 11.8 Å². The number of benzene rings is 3. The molecule has 0 amide bonds. The highest BCUT2D eigenvalue weighted by Gasteiger charge is 2.34. The van der Waals surface area contributed by atoms with Crippen molar-refractivity contribution in [1.82, 2.24) is 0 Å². The lowest BCUT2D eigenvalue weighted by Crippen LogP contribution is -2.35. The highest BCUT2D eigenvalue weighted by molar-refractivity contribution is 7.99. The Hall–Kier alpha value is -1.81. The van der Waals surface area contributed by atoms with E-state index in [9.17, 15) is 0 Å². The first-order valence-corrected chi connectivity index (χ1v) is 9.51. The van der Waals surface area contributed by atoms with Gasteiger partial charge in [-0.15, -0.1) is 0 Å². The molecule has 2 nitrogen and oxygen atoms in total. The van der Waals surface area contributed by atoms with E-state index in [1.807, 2.05) is 7.11 Å². The molecule has 0 N–H and O–H groups in total. The largest absolute Gasteiger partial charge is 0.381 e. The predicted octanol–water partition coefficient (Wildman–Crippen LogP) is 5.64. The van der Waals surface area contributed by atoms with Crippen LogP contribution in [0.4, 0.5) is 0 Å². The van der Waals surface area contributed by atoms with Crippen molar-refractivity contribution < 1.29 is 9.47 Å². The van der Waals surface area contributed by atoms with Crippen LogP contribution in [0.1, 0.15) is 18.4 Å². The minimum atomic E-state index is -0.210. The van der Waals surface area contributed by atoms with Gasteiger partial charge in [-0.1, -0.05) is 54.2 Å². The summed E-state index contributed by atoms with van der Waals surface area (Å²) in [4.78, 5) is 2.50. The van der Waals surface area contributed by atoms with E-state index >= 15 is 0 Å². The molecular formula is C22H22O2S. The zero-order valence-corrected chi connectivity index (χ0v) is 15.2. The zero-order chi connectivity index (χ0) is 17.1. The molecule has 0 aromatic heterocycles. The number of methoxy groups -OCH3 is 1. The average molecular weight is 350 g/mol. The SMILES string of the molecule is COC1(c2cccc(Sc3ccc4ccccc4c3)c2)CCOCC1. The lowest BCUT2D eigenvalue weighted by atomic mass is 9.86. The minimum Gasteiger partial charge on any atom is -0.381 e. The van der Waals surface area contributed by atoms with Crippen LogP contribution in [0.25, 0.3) is 10.8 Å². The van der Waals surface area contributed by atoms with Crippen molar-refractivity contribution >= 4 is 22.5 Å². The Morgan fingerprint density at radius 3 is 2.40 bits per heavy atom. The summed E-state index contributed by atoms with van der Waals surface area (Å²) in [5.74, 6) is 0. The maximum atomic E-state index is 5.94. The van der Waals surface area contributed by atoms with Crippen molar-refractivity contribution in [3.63, 3.8) is 0 Å². The van der Waals surface area contributed by atoms with Crippen LogP contribution in [0.15, 0.2) is 76.5 Å². The first-order chi connectivity index (χ1) is 12.3. The van der Waals surface area contributed by atoms with Crippen LogP contribution in [-0.4, -0.2) is 20.3 Å². The first-order valence-electron chi connectivity index (χ1n) is 8.69. The van der Waals surface area contributed by atoms with Gasteiger partial charge < -0.3 is 9.47 Å². The van der Waals surface area contributed by atoms with Crippen molar-refractivity contribution in [3.05, 3.63) is 72.3 Å². The van der Waals surface area contributed by atoms with Crippen molar-refractivity contribution in [2.75, 3.05) is 20.3 Å². The van der Waals surface area contributed by atoms with E-state index in [2.05, 4.69) is 66.7 Å². The van der Waals surface area contributed by atoms with E-state index in [1.165, 1.54) is 26.1 Å². The van der Waals surface area contributed by atoms with Crippen LogP contribution in [0.5, 0.6) is 0 Å². The van der Waals surface area contributed by atoms with Gasteiger partial charge in [0.1, 0.15) is 0 Å². The van der Waals surface area contributed by atoms with Crippen molar-refractivity contribution in [2.45, 2.75) is 28.2 Å². The monoisotopic (exact) mass is 350 g/mol.